The zero-order valence-electron chi connectivity index (χ0n) is 20.2. The van der Waals surface area contributed by atoms with Crippen LogP contribution in [0, 0.1) is 0 Å². The summed E-state index contributed by atoms with van der Waals surface area (Å²) in [5, 5.41) is 8.12. The quantitative estimate of drug-likeness (QED) is 0.351. The first kappa shape index (κ1) is 26.8. The van der Waals surface area contributed by atoms with Crippen molar-refractivity contribution < 1.29 is 47.6 Å². The molecule has 3 rings (SSSR count). The minimum atomic E-state index is -1.31. The van der Waals surface area contributed by atoms with Crippen molar-refractivity contribution in [2.45, 2.75) is 65.0 Å². The second-order valence-corrected chi connectivity index (χ2v) is 7.87. The maximum absolute atomic E-state index is 11.9. The van der Waals surface area contributed by atoms with Gasteiger partial charge in [-0.1, -0.05) is 23.4 Å². The monoisotopic (exact) mass is 505 g/mol. The molecule has 0 unspecified atom stereocenters. The van der Waals surface area contributed by atoms with Gasteiger partial charge in [-0.2, -0.15) is 0 Å². The van der Waals surface area contributed by atoms with E-state index in [2.05, 4.69) is 10.3 Å². The van der Waals surface area contributed by atoms with Crippen molar-refractivity contribution in [2.24, 2.45) is 0 Å². The fourth-order valence-electron chi connectivity index (χ4n) is 3.56. The molecule has 1 aliphatic rings. The lowest BCUT2D eigenvalue weighted by Crippen LogP contribution is -2.62. The molecule has 1 aliphatic heterocycles. The zero-order chi connectivity index (χ0) is 26.2. The summed E-state index contributed by atoms with van der Waals surface area (Å²) in [5.74, 6) is -2.77. The van der Waals surface area contributed by atoms with Gasteiger partial charge < -0.3 is 28.4 Å². The predicted molar refractivity (Wildman–Crippen MR) is 118 cm³/mol. The van der Waals surface area contributed by atoms with Crippen molar-refractivity contribution in [2.75, 3.05) is 6.61 Å². The third-order valence-corrected chi connectivity index (χ3v) is 4.91. The summed E-state index contributed by atoms with van der Waals surface area (Å²) in [6.45, 7) is 4.16. The topological polar surface area (TPSA) is 154 Å². The Balaban J connectivity index is 1.85. The van der Waals surface area contributed by atoms with Gasteiger partial charge in [0.15, 0.2) is 24.6 Å². The van der Waals surface area contributed by atoms with Crippen LogP contribution >= 0.6 is 0 Å². The number of ether oxygens (including phenoxy) is 6. The molecule has 13 heteroatoms. The molecule has 194 valence electrons. The summed E-state index contributed by atoms with van der Waals surface area (Å²) in [7, 11) is 0. The summed E-state index contributed by atoms with van der Waals surface area (Å²) in [6, 6.07) is 9.27. The summed E-state index contributed by atoms with van der Waals surface area (Å²) < 4.78 is 34.4. The molecule has 1 aromatic carbocycles. The van der Waals surface area contributed by atoms with Crippen LogP contribution in [0.1, 0.15) is 33.4 Å². The number of esters is 4. The Hall–Kier alpha value is -3.84. The van der Waals surface area contributed by atoms with Crippen LogP contribution in [0.3, 0.4) is 0 Å². The van der Waals surface area contributed by atoms with Crippen LogP contribution in [0.2, 0.25) is 0 Å². The molecular weight excluding hydrogens is 478 g/mol. The summed E-state index contributed by atoms with van der Waals surface area (Å²) >= 11 is 0. The lowest BCUT2D eigenvalue weighted by Gasteiger charge is -2.43. The average molecular weight is 505 g/mol. The summed E-state index contributed by atoms with van der Waals surface area (Å²) in [5.41, 5.74) is 1.20. The fraction of sp³-hybridized carbons (Fsp3) is 0.478. The van der Waals surface area contributed by atoms with E-state index in [1.807, 2.05) is 30.3 Å². The van der Waals surface area contributed by atoms with Gasteiger partial charge in [-0.15, -0.1) is 5.10 Å². The molecule has 0 aliphatic carbocycles. The van der Waals surface area contributed by atoms with Crippen molar-refractivity contribution in [3.05, 3.63) is 42.2 Å². The number of rotatable bonds is 9. The average Bonchev–Trinajstić information content (AvgIpc) is 3.28. The second-order valence-electron chi connectivity index (χ2n) is 7.87. The Morgan fingerprint density at radius 1 is 0.861 bits per heavy atom. The summed E-state index contributed by atoms with van der Waals surface area (Å²) in [6.07, 6.45) is -4.64. The van der Waals surface area contributed by atoms with Crippen LogP contribution in [0.4, 0.5) is 0 Å². The number of hydrogen-bond donors (Lipinski definition) is 0. The molecule has 0 amide bonds. The molecule has 0 N–H and O–H groups in total. The van der Waals surface area contributed by atoms with Gasteiger partial charge in [0.25, 0.3) is 0 Å². The molecule has 1 fully saturated rings. The van der Waals surface area contributed by atoms with E-state index in [-0.39, 0.29) is 13.2 Å². The highest BCUT2D eigenvalue weighted by Crippen LogP contribution is 2.30. The van der Waals surface area contributed by atoms with Crippen molar-refractivity contribution in [3.63, 3.8) is 0 Å². The molecule has 0 radical (unpaired) electrons. The van der Waals surface area contributed by atoms with Crippen LogP contribution in [0.5, 0.6) is 0 Å². The first-order valence-corrected chi connectivity index (χ1v) is 11.0. The Morgan fingerprint density at radius 3 is 2.08 bits per heavy atom. The molecule has 13 nitrogen and oxygen atoms in total. The maximum atomic E-state index is 11.9. The third kappa shape index (κ3) is 7.33. The summed E-state index contributed by atoms with van der Waals surface area (Å²) in [4.78, 5) is 46.9. The molecule has 1 aromatic heterocycles. The molecule has 36 heavy (non-hydrogen) atoms. The number of carbonyl (C=O) groups is 4. The van der Waals surface area contributed by atoms with Gasteiger partial charge in [0.2, 0.25) is 0 Å². The van der Waals surface area contributed by atoms with Crippen LogP contribution < -0.4 is 0 Å². The number of para-hydroxylation sites is 1. The third-order valence-electron chi connectivity index (χ3n) is 4.91. The number of aromatic nitrogens is 3. The highest BCUT2D eigenvalue weighted by Gasteiger charge is 2.52. The van der Waals surface area contributed by atoms with Crippen LogP contribution in [0.15, 0.2) is 36.5 Å². The van der Waals surface area contributed by atoms with E-state index in [4.69, 9.17) is 28.4 Å². The lowest BCUT2D eigenvalue weighted by atomic mass is 9.98. The van der Waals surface area contributed by atoms with Gasteiger partial charge in [-0.05, 0) is 12.1 Å². The molecule has 2 heterocycles. The lowest BCUT2D eigenvalue weighted by molar-refractivity contribution is -0.310. The zero-order valence-corrected chi connectivity index (χ0v) is 20.2. The molecule has 1 saturated heterocycles. The van der Waals surface area contributed by atoms with Crippen LogP contribution in [0.25, 0.3) is 5.69 Å². The van der Waals surface area contributed by atoms with Gasteiger partial charge in [0.1, 0.15) is 18.4 Å². The molecule has 0 bridgehead atoms. The first-order chi connectivity index (χ1) is 17.1. The fourth-order valence-corrected chi connectivity index (χ4v) is 3.56. The maximum Gasteiger partial charge on any atom is 0.303 e. The van der Waals surface area contributed by atoms with Crippen LogP contribution in [-0.2, 0) is 54.2 Å². The van der Waals surface area contributed by atoms with Crippen LogP contribution in [-0.4, -0.2) is 76.2 Å². The first-order valence-electron chi connectivity index (χ1n) is 11.0. The minimum Gasteiger partial charge on any atom is -0.463 e. The smallest absolute Gasteiger partial charge is 0.303 e. The van der Waals surface area contributed by atoms with Crippen molar-refractivity contribution in [3.8, 4) is 5.69 Å². The van der Waals surface area contributed by atoms with E-state index in [1.165, 1.54) is 6.92 Å². The van der Waals surface area contributed by atoms with E-state index in [0.29, 0.717) is 5.69 Å². The number of carbonyl (C=O) groups excluding carboxylic acids is 4. The molecule has 0 saturated carbocycles. The van der Waals surface area contributed by atoms with Gasteiger partial charge in [-0.3, -0.25) is 19.2 Å². The van der Waals surface area contributed by atoms with E-state index in [1.54, 1.807) is 10.9 Å². The second kappa shape index (κ2) is 12.2. The van der Waals surface area contributed by atoms with Crippen molar-refractivity contribution in [1.82, 2.24) is 15.0 Å². The largest absolute Gasteiger partial charge is 0.463 e. The predicted octanol–water partition coefficient (Wildman–Crippen LogP) is 0.867. The van der Waals surface area contributed by atoms with Crippen molar-refractivity contribution >= 4 is 23.9 Å². The molecule has 2 aromatic rings. The van der Waals surface area contributed by atoms with Gasteiger partial charge in [0, 0.05) is 27.7 Å². The number of hydrogen-bond acceptors (Lipinski definition) is 12. The van der Waals surface area contributed by atoms with Gasteiger partial charge in [0.05, 0.1) is 18.5 Å². The number of nitrogens with zero attached hydrogens (tertiary/aromatic N) is 3. The Morgan fingerprint density at radius 2 is 1.47 bits per heavy atom. The van der Waals surface area contributed by atoms with E-state index < -0.39 is 54.6 Å². The Labute approximate surface area is 206 Å². The van der Waals surface area contributed by atoms with E-state index in [9.17, 15) is 19.2 Å². The highest BCUT2D eigenvalue weighted by molar-refractivity contribution is 5.68. The van der Waals surface area contributed by atoms with E-state index in [0.717, 1.165) is 26.5 Å². The molecular formula is C23H27N3O10. The highest BCUT2D eigenvalue weighted by atomic mass is 16.7. The van der Waals surface area contributed by atoms with Gasteiger partial charge >= 0.3 is 23.9 Å². The van der Waals surface area contributed by atoms with E-state index >= 15 is 0 Å². The SMILES string of the molecule is CC(=O)OC[C@H]1O[C@H](OCc2cn(-c3ccccc3)nn2)[C@@H](OC(C)=O)[C@@H](OC(C)=O)[C@@H]1OC(C)=O. The molecule has 5 atom stereocenters. The Bertz CT molecular complexity index is 1070. The van der Waals surface area contributed by atoms with Gasteiger partial charge in [-0.25, -0.2) is 4.68 Å². The Kier molecular flexibility index (Phi) is 9.08. The number of benzene rings is 1. The normalized spacial score (nSPS) is 23.4. The molecule has 0 spiro atoms. The minimum absolute atomic E-state index is 0.124. The standard InChI is InChI=1S/C23H27N3O10/c1-13(27)31-12-19-20(33-14(2)28)21(34-15(3)29)22(35-16(4)30)23(36-19)32-11-17-10-26(25-24-17)18-8-6-5-7-9-18/h5-10,19-23H,11-12H2,1-4H3/t19-,20-,21+,22+,23+/m1/s1. The van der Waals surface area contributed by atoms with Crippen molar-refractivity contribution in [1.29, 1.82) is 0 Å².